The SMILES string of the molecule is c1cncc([C@@H]2N[C@H]3c4c(ccc5ccccc45)OC[C@@H]3CO2)c1. The van der Waals surface area contributed by atoms with Crippen LogP contribution in [0.1, 0.15) is 23.4 Å². The van der Waals surface area contributed by atoms with Gasteiger partial charge in [0.2, 0.25) is 0 Å². The van der Waals surface area contributed by atoms with Crippen LogP contribution in [-0.2, 0) is 4.74 Å². The Morgan fingerprint density at radius 1 is 1.00 bits per heavy atom. The van der Waals surface area contributed by atoms with Crippen LogP contribution in [0.3, 0.4) is 0 Å². The Kier molecular flexibility index (Phi) is 3.25. The highest BCUT2D eigenvalue weighted by molar-refractivity contribution is 5.88. The number of ether oxygens (including phenoxy) is 2. The number of fused-ring (bicyclic) bond motifs is 5. The van der Waals surface area contributed by atoms with Crippen LogP contribution in [0, 0.1) is 5.92 Å². The van der Waals surface area contributed by atoms with Crippen LogP contribution < -0.4 is 10.1 Å². The second-order valence-corrected chi connectivity index (χ2v) is 6.41. The molecule has 1 fully saturated rings. The van der Waals surface area contributed by atoms with E-state index in [1.54, 1.807) is 6.20 Å². The molecule has 0 aliphatic carbocycles. The molecule has 0 bridgehead atoms. The first-order valence-corrected chi connectivity index (χ1v) is 8.32. The number of benzene rings is 2. The number of nitrogens with zero attached hydrogens (tertiary/aromatic N) is 1. The summed E-state index contributed by atoms with van der Waals surface area (Å²) >= 11 is 0. The first kappa shape index (κ1) is 14.0. The Morgan fingerprint density at radius 2 is 1.96 bits per heavy atom. The Balaban J connectivity index is 1.59. The molecule has 2 aliphatic rings. The third-order valence-corrected chi connectivity index (χ3v) is 4.96. The van der Waals surface area contributed by atoms with Crippen molar-refractivity contribution < 1.29 is 9.47 Å². The first-order chi connectivity index (χ1) is 11.9. The molecule has 2 aromatic carbocycles. The van der Waals surface area contributed by atoms with Crippen LogP contribution in [0.5, 0.6) is 5.75 Å². The summed E-state index contributed by atoms with van der Waals surface area (Å²) in [4.78, 5) is 4.21. The maximum atomic E-state index is 6.03. The van der Waals surface area contributed by atoms with Gasteiger partial charge in [-0.05, 0) is 22.9 Å². The van der Waals surface area contributed by atoms with Crippen molar-refractivity contribution in [2.45, 2.75) is 12.3 Å². The van der Waals surface area contributed by atoms with Crippen molar-refractivity contribution in [3.05, 3.63) is 72.1 Å². The molecule has 24 heavy (non-hydrogen) atoms. The van der Waals surface area contributed by atoms with E-state index in [1.165, 1.54) is 16.3 Å². The topological polar surface area (TPSA) is 43.4 Å². The highest BCUT2D eigenvalue weighted by atomic mass is 16.5. The van der Waals surface area contributed by atoms with E-state index in [9.17, 15) is 0 Å². The van der Waals surface area contributed by atoms with Gasteiger partial charge in [0.25, 0.3) is 0 Å². The van der Waals surface area contributed by atoms with Gasteiger partial charge in [0.1, 0.15) is 12.0 Å². The maximum absolute atomic E-state index is 6.03. The molecule has 0 unspecified atom stereocenters. The largest absolute Gasteiger partial charge is 0.493 e. The summed E-state index contributed by atoms with van der Waals surface area (Å²) in [6.07, 6.45) is 3.51. The molecule has 1 aromatic heterocycles. The molecule has 3 heterocycles. The number of aromatic nitrogens is 1. The molecule has 4 nitrogen and oxygen atoms in total. The van der Waals surface area contributed by atoms with E-state index in [2.05, 4.69) is 46.7 Å². The molecule has 1 saturated heterocycles. The van der Waals surface area contributed by atoms with E-state index < -0.39 is 0 Å². The minimum absolute atomic E-state index is 0.134. The molecule has 0 radical (unpaired) electrons. The van der Waals surface area contributed by atoms with E-state index in [0.717, 1.165) is 11.3 Å². The fourth-order valence-corrected chi connectivity index (χ4v) is 3.77. The Morgan fingerprint density at radius 3 is 2.88 bits per heavy atom. The van der Waals surface area contributed by atoms with Gasteiger partial charge in [-0.3, -0.25) is 10.3 Å². The lowest BCUT2D eigenvalue weighted by molar-refractivity contribution is -0.0709. The molecule has 2 aliphatic heterocycles. The normalized spacial score (nSPS) is 25.6. The second kappa shape index (κ2) is 5.58. The number of rotatable bonds is 1. The predicted molar refractivity (Wildman–Crippen MR) is 91.7 cm³/mol. The monoisotopic (exact) mass is 318 g/mol. The average molecular weight is 318 g/mol. The zero-order chi connectivity index (χ0) is 15.9. The summed E-state index contributed by atoms with van der Waals surface area (Å²) in [5, 5.41) is 6.17. The van der Waals surface area contributed by atoms with E-state index in [1.807, 2.05) is 18.3 Å². The second-order valence-electron chi connectivity index (χ2n) is 6.41. The van der Waals surface area contributed by atoms with Gasteiger partial charge in [0, 0.05) is 35.5 Å². The highest BCUT2D eigenvalue weighted by Gasteiger charge is 2.38. The molecule has 0 spiro atoms. The van der Waals surface area contributed by atoms with Gasteiger partial charge in [-0.1, -0.05) is 36.4 Å². The number of pyridine rings is 1. The molecule has 4 heteroatoms. The van der Waals surface area contributed by atoms with Gasteiger partial charge < -0.3 is 9.47 Å². The van der Waals surface area contributed by atoms with Crippen molar-refractivity contribution in [3.63, 3.8) is 0 Å². The summed E-state index contributed by atoms with van der Waals surface area (Å²) in [7, 11) is 0. The van der Waals surface area contributed by atoms with Crippen molar-refractivity contribution in [2.24, 2.45) is 5.92 Å². The van der Waals surface area contributed by atoms with E-state index in [-0.39, 0.29) is 12.3 Å². The summed E-state index contributed by atoms with van der Waals surface area (Å²) in [6, 6.07) is 16.9. The fourth-order valence-electron chi connectivity index (χ4n) is 3.77. The fraction of sp³-hybridized carbons (Fsp3) is 0.250. The summed E-state index contributed by atoms with van der Waals surface area (Å²) in [5.74, 6) is 1.30. The zero-order valence-electron chi connectivity index (χ0n) is 13.2. The van der Waals surface area contributed by atoms with Crippen LogP contribution in [0.15, 0.2) is 60.9 Å². The van der Waals surface area contributed by atoms with Gasteiger partial charge in [-0.2, -0.15) is 0 Å². The van der Waals surface area contributed by atoms with Crippen LogP contribution in [-0.4, -0.2) is 18.2 Å². The van der Waals surface area contributed by atoms with Gasteiger partial charge in [-0.15, -0.1) is 0 Å². The molecule has 1 N–H and O–H groups in total. The third-order valence-electron chi connectivity index (χ3n) is 4.96. The van der Waals surface area contributed by atoms with Crippen molar-refractivity contribution in [1.82, 2.24) is 10.3 Å². The van der Waals surface area contributed by atoms with Gasteiger partial charge in [0.05, 0.1) is 13.2 Å². The van der Waals surface area contributed by atoms with Crippen LogP contribution in [0.2, 0.25) is 0 Å². The number of nitrogens with one attached hydrogen (secondary N) is 1. The smallest absolute Gasteiger partial charge is 0.136 e. The molecule has 0 saturated carbocycles. The Bertz CT molecular complexity index is 881. The van der Waals surface area contributed by atoms with E-state index in [0.29, 0.717) is 19.1 Å². The third kappa shape index (κ3) is 2.19. The lowest BCUT2D eigenvalue weighted by atomic mass is 9.86. The minimum Gasteiger partial charge on any atom is -0.493 e. The van der Waals surface area contributed by atoms with Crippen molar-refractivity contribution >= 4 is 10.8 Å². The Hall–Kier alpha value is -2.43. The maximum Gasteiger partial charge on any atom is 0.136 e. The van der Waals surface area contributed by atoms with Crippen molar-refractivity contribution in [2.75, 3.05) is 13.2 Å². The van der Waals surface area contributed by atoms with Crippen LogP contribution >= 0.6 is 0 Å². The summed E-state index contributed by atoms with van der Waals surface area (Å²) in [6.45, 7) is 1.36. The Labute approximate surface area is 140 Å². The van der Waals surface area contributed by atoms with Gasteiger partial charge >= 0.3 is 0 Å². The molecular weight excluding hydrogens is 300 g/mol. The number of hydrogen-bond acceptors (Lipinski definition) is 4. The van der Waals surface area contributed by atoms with E-state index in [4.69, 9.17) is 9.47 Å². The summed E-state index contributed by atoms with van der Waals surface area (Å²) < 4.78 is 12.0. The van der Waals surface area contributed by atoms with Crippen molar-refractivity contribution in [3.8, 4) is 5.75 Å². The number of hydrogen-bond donors (Lipinski definition) is 1. The molecule has 5 rings (SSSR count). The van der Waals surface area contributed by atoms with Gasteiger partial charge in [-0.25, -0.2) is 0 Å². The van der Waals surface area contributed by atoms with E-state index >= 15 is 0 Å². The lowest BCUT2D eigenvalue weighted by Gasteiger charge is -2.41. The molecule has 0 amide bonds. The highest BCUT2D eigenvalue weighted by Crippen LogP contribution is 2.43. The molecule has 120 valence electrons. The predicted octanol–water partition coefficient (Wildman–Crippen LogP) is 3.60. The van der Waals surface area contributed by atoms with Crippen molar-refractivity contribution in [1.29, 1.82) is 0 Å². The quantitative estimate of drug-likeness (QED) is 0.744. The standard InChI is InChI=1S/C20H18N2O2/c1-2-6-16-13(4-1)7-8-17-18(16)19-15(11-23-17)12-24-20(22-19)14-5-3-9-21-10-14/h1-10,15,19-20,22H,11-12H2/t15-,19-,20-/m1/s1. The zero-order valence-corrected chi connectivity index (χ0v) is 13.2. The molecule has 3 atom stereocenters. The van der Waals surface area contributed by atoms with Gasteiger partial charge in [0.15, 0.2) is 0 Å². The van der Waals surface area contributed by atoms with Crippen LogP contribution in [0.25, 0.3) is 10.8 Å². The van der Waals surface area contributed by atoms with Crippen LogP contribution in [0.4, 0.5) is 0 Å². The summed E-state index contributed by atoms with van der Waals surface area (Å²) in [5.41, 5.74) is 2.31. The first-order valence-electron chi connectivity index (χ1n) is 8.32. The molecule has 3 aromatic rings. The molecular formula is C20H18N2O2. The average Bonchev–Trinajstić information content (AvgIpc) is 2.67. The lowest BCUT2D eigenvalue weighted by Crippen LogP contribution is -2.45. The minimum atomic E-state index is -0.134.